The van der Waals surface area contributed by atoms with Gasteiger partial charge in [-0.25, -0.2) is 0 Å². The Morgan fingerprint density at radius 1 is 1.03 bits per heavy atom. The number of aromatic amines is 2. The molecule has 2 aromatic heterocycles. The van der Waals surface area contributed by atoms with E-state index in [2.05, 4.69) is 20.6 Å². The molecule has 0 unspecified atom stereocenters. The number of hydrogen-bond donors (Lipinski definition) is 4. The van der Waals surface area contributed by atoms with Crippen LogP contribution in [-0.2, 0) is 22.4 Å². The number of nitrogens with one attached hydrogen (secondary N) is 4. The van der Waals surface area contributed by atoms with E-state index < -0.39 is 0 Å². The molecule has 4 rings (SSSR count). The fourth-order valence-electron chi connectivity index (χ4n) is 3.68. The second-order valence-corrected chi connectivity index (χ2v) is 7.34. The highest BCUT2D eigenvalue weighted by atomic mass is 16.2. The summed E-state index contributed by atoms with van der Waals surface area (Å²) in [7, 11) is 1.57. The smallest absolute Gasteiger partial charge is 0.272 e. The fraction of sp³-hybridized carbons (Fsp3) is 0.174. The van der Waals surface area contributed by atoms with Gasteiger partial charge in [0.05, 0.1) is 12.8 Å². The van der Waals surface area contributed by atoms with Crippen molar-refractivity contribution in [2.24, 2.45) is 0 Å². The predicted molar refractivity (Wildman–Crippen MR) is 118 cm³/mol. The number of carbonyl (C=O) groups is 2. The third kappa shape index (κ3) is 3.82. The first-order chi connectivity index (χ1) is 14.4. The summed E-state index contributed by atoms with van der Waals surface area (Å²) in [4.78, 5) is 42.5. The minimum Gasteiger partial charge on any atom is -0.359 e. The van der Waals surface area contributed by atoms with Crippen molar-refractivity contribution in [1.29, 1.82) is 0 Å². The van der Waals surface area contributed by atoms with Crippen LogP contribution in [0.15, 0.2) is 53.5 Å². The van der Waals surface area contributed by atoms with Crippen molar-refractivity contribution in [1.82, 2.24) is 15.3 Å². The Morgan fingerprint density at radius 3 is 2.63 bits per heavy atom. The third-order valence-corrected chi connectivity index (χ3v) is 5.09. The normalized spacial score (nSPS) is 11.0. The van der Waals surface area contributed by atoms with E-state index >= 15 is 0 Å². The SMILES string of the molecule is CNC(=O)Cc1c[nH]c(=O)c2[nH]c3ccc(NC(=O)Cc4cccc(C)c4)cc3c12. The molecule has 0 atom stereocenters. The van der Waals surface area contributed by atoms with Gasteiger partial charge in [0.1, 0.15) is 5.52 Å². The maximum atomic E-state index is 12.5. The van der Waals surface area contributed by atoms with Crippen molar-refractivity contribution >= 4 is 39.3 Å². The lowest BCUT2D eigenvalue weighted by Gasteiger charge is -2.07. The van der Waals surface area contributed by atoms with Gasteiger partial charge in [0, 0.05) is 35.2 Å². The van der Waals surface area contributed by atoms with Gasteiger partial charge in [-0.05, 0) is 36.2 Å². The summed E-state index contributed by atoms with van der Waals surface area (Å²) in [5.74, 6) is -0.275. The van der Waals surface area contributed by atoms with Crippen LogP contribution in [0.1, 0.15) is 16.7 Å². The zero-order valence-electron chi connectivity index (χ0n) is 16.8. The summed E-state index contributed by atoms with van der Waals surface area (Å²) in [5, 5.41) is 6.99. The van der Waals surface area contributed by atoms with Crippen molar-refractivity contribution in [2.75, 3.05) is 12.4 Å². The summed E-state index contributed by atoms with van der Waals surface area (Å²) in [6.07, 6.45) is 1.98. The van der Waals surface area contributed by atoms with E-state index in [1.165, 1.54) is 0 Å². The van der Waals surface area contributed by atoms with Gasteiger partial charge in [0.15, 0.2) is 0 Å². The van der Waals surface area contributed by atoms with Gasteiger partial charge in [0.25, 0.3) is 5.56 Å². The first-order valence-corrected chi connectivity index (χ1v) is 9.66. The summed E-state index contributed by atoms with van der Waals surface area (Å²) in [6.45, 7) is 1.99. The number of amides is 2. The van der Waals surface area contributed by atoms with Crippen molar-refractivity contribution < 1.29 is 9.59 Å². The number of anilines is 1. The predicted octanol–water partition coefficient (Wildman–Crippen LogP) is 2.79. The monoisotopic (exact) mass is 402 g/mol. The van der Waals surface area contributed by atoms with Crippen LogP contribution in [0.5, 0.6) is 0 Å². The van der Waals surface area contributed by atoms with Crippen molar-refractivity contribution in [2.45, 2.75) is 19.8 Å². The molecule has 0 aliphatic carbocycles. The van der Waals surface area contributed by atoms with E-state index in [0.29, 0.717) is 22.2 Å². The number of hydrogen-bond acceptors (Lipinski definition) is 3. The van der Waals surface area contributed by atoms with Crippen molar-refractivity contribution in [3.63, 3.8) is 0 Å². The highest BCUT2D eigenvalue weighted by Crippen LogP contribution is 2.29. The average Bonchev–Trinajstić information content (AvgIpc) is 3.10. The van der Waals surface area contributed by atoms with Gasteiger partial charge in [-0.15, -0.1) is 0 Å². The molecule has 0 fully saturated rings. The van der Waals surface area contributed by atoms with Crippen LogP contribution in [0.3, 0.4) is 0 Å². The van der Waals surface area contributed by atoms with E-state index in [4.69, 9.17) is 0 Å². The van der Waals surface area contributed by atoms with Crippen molar-refractivity contribution in [3.8, 4) is 0 Å². The number of H-pyrrole nitrogens is 2. The molecule has 0 saturated carbocycles. The van der Waals surface area contributed by atoms with E-state index in [1.807, 2.05) is 43.3 Å². The zero-order chi connectivity index (χ0) is 21.3. The second-order valence-electron chi connectivity index (χ2n) is 7.34. The lowest BCUT2D eigenvalue weighted by Crippen LogP contribution is -2.20. The molecule has 152 valence electrons. The minimum atomic E-state index is -0.258. The number of fused-ring (bicyclic) bond motifs is 3. The van der Waals surface area contributed by atoms with Gasteiger partial charge in [-0.1, -0.05) is 29.8 Å². The first kappa shape index (κ1) is 19.4. The van der Waals surface area contributed by atoms with Crippen LogP contribution in [0.4, 0.5) is 5.69 Å². The Balaban J connectivity index is 1.69. The lowest BCUT2D eigenvalue weighted by atomic mass is 10.1. The Bertz CT molecular complexity index is 1330. The maximum Gasteiger partial charge on any atom is 0.272 e. The molecule has 30 heavy (non-hydrogen) atoms. The molecule has 0 aliphatic heterocycles. The molecule has 0 bridgehead atoms. The molecule has 2 aromatic carbocycles. The van der Waals surface area contributed by atoms with Gasteiger partial charge in [-0.3, -0.25) is 14.4 Å². The number of aromatic nitrogens is 2. The standard InChI is InChI=1S/C23H22N4O3/c1-13-4-3-5-14(8-13)9-20(29)26-16-6-7-18-17(11-16)21-15(10-19(28)24-2)12-25-23(30)22(21)27-18/h3-8,11-12,27H,9-10H2,1-2H3,(H,24,28)(H,25,30)(H,26,29). The minimum absolute atomic E-state index is 0.122. The van der Waals surface area contributed by atoms with Gasteiger partial charge in [-0.2, -0.15) is 0 Å². The molecule has 2 heterocycles. The molecular formula is C23H22N4O3. The van der Waals surface area contributed by atoms with Crippen LogP contribution in [0.25, 0.3) is 21.8 Å². The molecular weight excluding hydrogens is 380 g/mol. The molecule has 4 aromatic rings. The molecule has 2 amide bonds. The second kappa shape index (κ2) is 7.87. The average molecular weight is 402 g/mol. The number of carbonyl (C=O) groups excluding carboxylic acids is 2. The van der Waals surface area contributed by atoms with Crippen LogP contribution in [-0.4, -0.2) is 28.8 Å². The fourth-order valence-corrected chi connectivity index (χ4v) is 3.68. The Kier molecular flexibility index (Phi) is 5.10. The van der Waals surface area contributed by atoms with Crippen LogP contribution >= 0.6 is 0 Å². The van der Waals surface area contributed by atoms with Gasteiger partial charge < -0.3 is 20.6 Å². The van der Waals surface area contributed by atoms with Crippen LogP contribution in [0.2, 0.25) is 0 Å². The number of aryl methyl sites for hydroxylation is 1. The molecule has 4 N–H and O–H groups in total. The topological polar surface area (TPSA) is 107 Å². The summed E-state index contributed by atoms with van der Waals surface area (Å²) in [6, 6.07) is 13.3. The number of rotatable bonds is 5. The third-order valence-electron chi connectivity index (χ3n) is 5.09. The molecule has 0 radical (unpaired) electrons. The molecule has 0 aliphatic rings. The largest absolute Gasteiger partial charge is 0.359 e. The zero-order valence-corrected chi connectivity index (χ0v) is 16.8. The Hall–Kier alpha value is -3.87. The van der Waals surface area contributed by atoms with Gasteiger partial charge >= 0.3 is 0 Å². The van der Waals surface area contributed by atoms with Crippen LogP contribution < -0.4 is 16.2 Å². The quantitative estimate of drug-likeness (QED) is 0.412. The van der Waals surface area contributed by atoms with E-state index in [0.717, 1.165) is 22.0 Å². The van der Waals surface area contributed by atoms with Crippen molar-refractivity contribution in [3.05, 3.63) is 75.7 Å². The summed E-state index contributed by atoms with van der Waals surface area (Å²) >= 11 is 0. The van der Waals surface area contributed by atoms with E-state index in [9.17, 15) is 14.4 Å². The Labute approximate surface area is 172 Å². The summed E-state index contributed by atoms with van der Waals surface area (Å²) < 4.78 is 0. The highest BCUT2D eigenvalue weighted by Gasteiger charge is 2.15. The van der Waals surface area contributed by atoms with E-state index in [-0.39, 0.29) is 30.2 Å². The lowest BCUT2D eigenvalue weighted by molar-refractivity contribution is -0.120. The molecule has 7 heteroatoms. The Morgan fingerprint density at radius 2 is 1.87 bits per heavy atom. The molecule has 0 spiro atoms. The van der Waals surface area contributed by atoms with Gasteiger partial charge in [0.2, 0.25) is 11.8 Å². The summed E-state index contributed by atoms with van der Waals surface area (Å²) in [5.41, 5.74) is 4.30. The number of pyridine rings is 1. The molecule has 7 nitrogen and oxygen atoms in total. The van der Waals surface area contributed by atoms with Crippen LogP contribution in [0, 0.1) is 6.92 Å². The number of likely N-dealkylation sites (N-methyl/N-ethyl adjacent to an activating group) is 1. The first-order valence-electron chi connectivity index (χ1n) is 9.66. The van der Waals surface area contributed by atoms with E-state index in [1.54, 1.807) is 19.3 Å². The molecule has 0 saturated heterocycles. The number of benzene rings is 2. The highest BCUT2D eigenvalue weighted by molar-refractivity contribution is 6.11. The maximum absolute atomic E-state index is 12.5.